The second-order valence-electron chi connectivity index (χ2n) is 3.92. The molecular weight excluding hydrogens is 206 g/mol. The first kappa shape index (κ1) is 12.9. The van der Waals surface area contributed by atoms with Gasteiger partial charge >= 0.3 is 0 Å². The van der Waals surface area contributed by atoms with Gasteiger partial charge in [0.25, 0.3) is 0 Å². The Hall–Kier alpha value is -0.170. The molecule has 15 heavy (non-hydrogen) atoms. The van der Waals surface area contributed by atoms with Gasteiger partial charge in [-0.05, 0) is 25.7 Å². The zero-order valence-electron chi connectivity index (χ0n) is 9.50. The lowest BCUT2D eigenvalue weighted by Crippen LogP contribution is -2.36. The maximum atomic E-state index is 5.34. The Balaban J connectivity index is 1.97. The lowest BCUT2D eigenvalue weighted by atomic mass is 9.93. The first-order chi connectivity index (χ1) is 7.36. The van der Waals surface area contributed by atoms with Gasteiger partial charge in [-0.3, -0.25) is 0 Å². The summed E-state index contributed by atoms with van der Waals surface area (Å²) in [5, 5.41) is 3.58. The maximum Gasteiger partial charge on any atom is 0.0572 e. The van der Waals surface area contributed by atoms with Crippen molar-refractivity contribution in [2.45, 2.75) is 37.8 Å². The molecule has 1 saturated carbocycles. The summed E-state index contributed by atoms with van der Waals surface area (Å²) in [6.07, 6.45) is 10.6. The molecule has 0 radical (unpaired) electrons. The Bertz CT molecular complexity index is 194. The van der Waals surface area contributed by atoms with Gasteiger partial charge in [-0.15, -0.1) is 18.2 Å². The van der Waals surface area contributed by atoms with Crippen molar-refractivity contribution in [1.29, 1.82) is 0 Å². The van der Waals surface area contributed by atoms with Crippen molar-refractivity contribution < 1.29 is 4.74 Å². The van der Waals surface area contributed by atoms with Gasteiger partial charge in [0.15, 0.2) is 0 Å². The van der Waals surface area contributed by atoms with Crippen molar-refractivity contribution in [3.63, 3.8) is 0 Å². The summed E-state index contributed by atoms with van der Waals surface area (Å²) in [6.45, 7) is 1.08. The molecule has 0 unspecified atom stereocenters. The molecule has 1 rings (SSSR count). The topological polar surface area (TPSA) is 21.3 Å². The summed E-state index contributed by atoms with van der Waals surface area (Å²) in [4.78, 5) is 0. The van der Waals surface area contributed by atoms with Gasteiger partial charge in [0.05, 0.1) is 11.9 Å². The fourth-order valence-corrected chi connectivity index (χ4v) is 2.49. The molecule has 0 amide bonds. The van der Waals surface area contributed by atoms with E-state index < -0.39 is 0 Å². The van der Waals surface area contributed by atoms with Crippen LogP contribution in [0.25, 0.3) is 0 Å². The molecule has 0 bridgehead atoms. The fraction of sp³-hybridized carbons (Fsp3) is 0.833. The quantitative estimate of drug-likeness (QED) is 0.553. The highest BCUT2D eigenvalue weighted by Gasteiger charge is 2.19. The van der Waals surface area contributed by atoms with E-state index in [4.69, 9.17) is 11.2 Å². The molecule has 1 aliphatic carbocycles. The highest BCUT2D eigenvalue weighted by Crippen LogP contribution is 2.20. The molecule has 1 N–H and O–H groups in total. The second-order valence-corrected chi connectivity index (χ2v) is 5.03. The molecule has 0 aliphatic heterocycles. The van der Waals surface area contributed by atoms with E-state index in [0.29, 0.717) is 12.1 Å². The average molecular weight is 227 g/mol. The number of thioether (sulfide) groups is 1. The maximum absolute atomic E-state index is 5.34. The van der Waals surface area contributed by atoms with E-state index in [1.807, 2.05) is 18.9 Å². The monoisotopic (exact) mass is 227 g/mol. The van der Waals surface area contributed by atoms with Crippen LogP contribution in [0.5, 0.6) is 0 Å². The summed E-state index contributed by atoms with van der Waals surface area (Å²) >= 11 is 1.82. The van der Waals surface area contributed by atoms with Crippen molar-refractivity contribution in [2.24, 2.45) is 0 Å². The minimum absolute atomic E-state index is 0.499. The van der Waals surface area contributed by atoms with Crippen molar-refractivity contribution in [1.82, 2.24) is 5.32 Å². The molecule has 0 atom stereocenters. The van der Waals surface area contributed by atoms with Crippen LogP contribution in [0.2, 0.25) is 0 Å². The Morgan fingerprint density at radius 3 is 2.73 bits per heavy atom. The fourth-order valence-electron chi connectivity index (χ4n) is 1.97. The van der Waals surface area contributed by atoms with Crippen LogP contribution >= 0.6 is 11.8 Å². The van der Waals surface area contributed by atoms with E-state index in [0.717, 1.165) is 18.1 Å². The lowest BCUT2D eigenvalue weighted by Gasteiger charge is -2.28. The van der Waals surface area contributed by atoms with Crippen LogP contribution in [0.3, 0.4) is 0 Å². The van der Waals surface area contributed by atoms with Crippen LogP contribution in [0.4, 0.5) is 0 Å². The predicted octanol–water partition coefficient (Wildman–Crippen LogP) is 1.90. The SMILES string of the molecule is C#CCSCCNC1CCC(OC)CC1. The van der Waals surface area contributed by atoms with Crippen molar-refractivity contribution in [3.8, 4) is 12.3 Å². The molecule has 0 aromatic rings. The highest BCUT2D eigenvalue weighted by molar-refractivity contribution is 7.99. The third-order valence-corrected chi connectivity index (χ3v) is 3.74. The smallest absolute Gasteiger partial charge is 0.0572 e. The zero-order chi connectivity index (χ0) is 10.9. The zero-order valence-corrected chi connectivity index (χ0v) is 10.3. The van der Waals surface area contributed by atoms with E-state index in [9.17, 15) is 0 Å². The number of rotatable bonds is 6. The summed E-state index contributed by atoms with van der Waals surface area (Å²) in [6, 6.07) is 0.697. The number of hydrogen-bond donors (Lipinski definition) is 1. The molecule has 0 saturated heterocycles. The Morgan fingerprint density at radius 2 is 2.13 bits per heavy atom. The highest BCUT2D eigenvalue weighted by atomic mass is 32.2. The molecule has 2 nitrogen and oxygen atoms in total. The second kappa shape index (κ2) is 8.04. The number of ether oxygens (including phenoxy) is 1. The standard InChI is InChI=1S/C12H21NOS/c1-3-9-15-10-8-13-11-4-6-12(14-2)7-5-11/h1,11-13H,4-10H2,2H3. The minimum atomic E-state index is 0.499. The number of hydrogen-bond acceptors (Lipinski definition) is 3. The van der Waals surface area contributed by atoms with Gasteiger partial charge in [-0.25, -0.2) is 0 Å². The molecule has 0 aromatic carbocycles. The van der Waals surface area contributed by atoms with Gasteiger partial charge < -0.3 is 10.1 Å². The van der Waals surface area contributed by atoms with E-state index in [2.05, 4.69) is 11.2 Å². The van der Waals surface area contributed by atoms with E-state index in [1.165, 1.54) is 25.7 Å². The van der Waals surface area contributed by atoms with Gasteiger partial charge in [-0.2, -0.15) is 0 Å². The largest absolute Gasteiger partial charge is 0.381 e. The van der Waals surface area contributed by atoms with Crippen molar-refractivity contribution >= 4 is 11.8 Å². The Kier molecular flexibility index (Phi) is 6.91. The van der Waals surface area contributed by atoms with Gasteiger partial charge in [0, 0.05) is 25.4 Å². The third-order valence-electron chi connectivity index (χ3n) is 2.87. The van der Waals surface area contributed by atoms with Crippen molar-refractivity contribution in [2.75, 3.05) is 25.2 Å². The van der Waals surface area contributed by atoms with Crippen LogP contribution in [-0.2, 0) is 4.74 Å². The minimum Gasteiger partial charge on any atom is -0.381 e. The third kappa shape index (κ3) is 5.46. The van der Waals surface area contributed by atoms with Crippen LogP contribution in [0, 0.1) is 12.3 Å². The summed E-state index contributed by atoms with van der Waals surface area (Å²) < 4.78 is 5.34. The molecule has 1 aliphatic rings. The van der Waals surface area contributed by atoms with E-state index >= 15 is 0 Å². The Morgan fingerprint density at radius 1 is 1.40 bits per heavy atom. The number of nitrogens with one attached hydrogen (secondary N) is 1. The molecule has 0 heterocycles. The normalized spacial score (nSPS) is 26.1. The Labute approximate surface area is 97.5 Å². The number of terminal acetylenes is 1. The number of methoxy groups -OCH3 is 1. The van der Waals surface area contributed by atoms with Crippen LogP contribution < -0.4 is 5.32 Å². The van der Waals surface area contributed by atoms with E-state index in [1.54, 1.807) is 0 Å². The first-order valence-electron chi connectivity index (χ1n) is 5.64. The molecule has 0 spiro atoms. The van der Waals surface area contributed by atoms with Crippen molar-refractivity contribution in [3.05, 3.63) is 0 Å². The van der Waals surface area contributed by atoms with Gasteiger partial charge in [0.1, 0.15) is 0 Å². The molecule has 1 fully saturated rings. The summed E-state index contributed by atoms with van der Waals surface area (Å²) in [5.41, 5.74) is 0. The van der Waals surface area contributed by atoms with E-state index in [-0.39, 0.29) is 0 Å². The molecule has 0 aromatic heterocycles. The first-order valence-corrected chi connectivity index (χ1v) is 6.79. The average Bonchev–Trinajstić information content (AvgIpc) is 2.30. The molecule has 86 valence electrons. The predicted molar refractivity (Wildman–Crippen MR) is 67.2 cm³/mol. The van der Waals surface area contributed by atoms with Crippen LogP contribution in [0.1, 0.15) is 25.7 Å². The lowest BCUT2D eigenvalue weighted by molar-refractivity contribution is 0.0628. The van der Waals surface area contributed by atoms with Gasteiger partial charge in [-0.1, -0.05) is 5.92 Å². The van der Waals surface area contributed by atoms with Crippen LogP contribution in [0.15, 0.2) is 0 Å². The van der Waals surface area contributed by atoms with Crippen LogP contribution in [-0.4, -0.2) is 37.3 Å². The summed E-state index contributed by atoms with van der Waals surface area (Å²) in [5.74, 6) is 4.59. The molecule has 3 heteroatoms. The molecular formula is C12H21NOS. The summed E-state index contributed by atoms with van der Waals surface area (Å²) in [7, 11) is 1.81. The van der Waals surface area contributed by atoms with Gasteiger partial charge in [0.2, 0.25) is 0 Å².